The lowest BCUT2D eigenvalue weighted by Gasteiger charge is -2.54. The van der Waals surface area contributed by atoms with Crippen LogP contribution in [0.5, 0.6) is 0 Å². The van der Waals surface area contributed by atoms with E-state index in [1.807, 2.05) is 0 Å². The predicted octanol–water partition coefficient (Wildman–Crippen LogP) is 9.24. The number of hydrogen-bond donors (Lipinski definition) is 0. The average Bonchev–Trinajstić information content (AvgIpc) is 3.02. The molecule has 0 aromatic heterocycles. The highest BCUT2D eigenvalue weighted by molar-refractivity contribution is 9.11. The topological polar surface area (TPSA) is 0 Å². The Labute approximate surface area is 202 Å². The van der Waals surface area contributed by atoms with E-state index in [2.05, 4.69) is 106 Å². The number of hydrogen-bond acceptors (Lipinski definition) is 0. The van der Waals surface area contributed by atoms with Crippen molar-refractivity contribution in [1.82, 2.24) is 0 Å². The predicted molar refractivity (Wildman–Crippen MR) is 137 cm³/mol. The first-order chi connectivity index (χ1) is 15.0. The maximum atomic E-state index is 3.67. The summed E-state index contributed by atoms with van der Waals surface area (Å²) in [6.07, 6.45) is 5.58. The van der Waals surface area contributed by atoms with Crippen LogP contribution in [0, 0.1) is 23.7 Å². The lowest BCUT2D eigenvalue weighted by atomic mass is 9.49. The molecule has 1 spiro atoms. The Bertz CT molecular complexity index is 1150. The van der Waals surface area contributed by atoms with Gasteiger partial charge in [-0.2, -0.15) is 0 Å². The first-order valence-corrected chi connectivity index (χ1v) is 13.3. The van der Waals surface area contributed by atoms with Gasteiger partial charge in [-0.3, -0.25) is 0 Å². The SMILES string of the molecule is CC1CC2CC(C)C3(c4ccccc4-c4cc(-c5cc(Br)cc(Br)c5)ccc43)C(C1)C2. The number of benzene rings is 3. The Hall–Kier alpha value is -1.38. The molecule has 3 aliphatic carbocycles. The van der Waals surface area contributed by atoms with Gasteiger partial charge in [-0.15, -0.1) is 0 Å². The molecule has 158 valence electrons. The zero-order chi connectivity index (χ0) is 21.3. The van der Waals surface area contributed by atoms with Crippen LogP contribution in [-0.4, -0.2) is 0 Å². The van der Waals surface area contributed by atoms with Crippen molar-refractivity contribution in [2.75, 3.05) is 0 Å². The second-order valence-corrected chi connectivity index (χ2v) is 12.2. The minimum absolute atomic E-state index is 0.188. The maximum Gasteiger partial charge on any atom is 0.0269 e. The van der Waals surface area contributed by atoms with Gasteiger partial charge in [-0.1, -0.05) is 82.1 Å². The van der Waals surface area contributed by atoms with Gasteiger partial charge in [0.25, 0.3) is 0 Å². The molecular weight excluding hydrogens is 508 g/mol. The van der Waals surface area contributed by atoms with E-state index in [1.54, 1.807) is 11.1 Å². The molecule has 2 fully saturated rings. The van der Waals surface area contributed by atoms with Crippen LogP contribution in [0.15, 0.2) is 69.6 Å². The van der Waals surface area contributed by atoms with Gasteiger partial charge in [0.1, 0.15) is 0 Å². The van der Waals surface area contributed by atoms with E-state index in [4.69, 9.17) is 0 Å². The van der Waals surface area contributed by atoms with Crippen molar-refractivity contribution in [2.24, 2.45) is 23.7 Å². The molecule has 6 rings (SSSR count). The van der Waals surface area contributed by atoms with E-state index in [0.29, 0.717) is 5.92 Å². The number of fused-ring (bicyclic) bond motifs is 8. The second-order valence-electron chi connectivity index (χ2n) is 10.3. The number of halogens is 2. The van der Waals surface area contributed by atoms with Gasteiger partial charge in [0.15, 0.2) is 0 Å². The van der Waals surface area contributed by atoms with Crippen molar-refractivity contribution in [1.29, 1.82) is 0 Å². The number of rotatable bonds is 1. The highest BCUT2D eigenvalue weighted by atomic mass is 79.9. The van der Waals surface area contributed by atoms with Crippen LogP contribution in [0.1, 0.15) is 50.7 Å². The van der Waals surface area contributed by atoms with E-state index in [9.17, 15) is 0 Å². The maximum absolute atomic E-state index is 3.67. The normalized spacial score (nSPS) is 30.8. The minimum atomic E-state index is 0.188. The van der Waals surface area contributed by atoms with E-state index in [0.717, 1.165) is 26.7 Å². The lowest BCUT2D eigenvalue weighted by molar-refractivity contribution is 0.0426. The monoisotopic (exact) mass is 534 g/mol. The van der Waals surface area contributed by atoms with E-state index < -0.39 is 0 Å². The van der Waals surface area contributed by atoms with Gasteiger partial charge in [0, 0.05) is 14.4 Å². The smallest absolute Gasteiger partial charge is 0.0269 e. The van der Waals surface area contributed by atoms with Crippen molar-refractivity contribution < 1.29 is 0 Å². The van der Waals surface area contributed by atoms with E-state index in [-0.39, 0.29) is 5.41 Å². The minimum Gasteiger partial charge on any atom is -0.0625 e. The molecule has 0 amide bonds. The van der Waals surface area contributed by atoms with E-state index >= 15 is 0 Å². The molecule has 2 heteroatoms. The van der Waals surface area contributed by atoms with Gasteiger partial charge in [0.05, 0.1) is 0 Å². The fourth-order valence-corrected chi connectivity index (χ4v) is 8.91. The molecule has 0 nitrogen and oxygen atoms in total. The third-order valence-corrected chi connectivity index (χ3v) is 9.39. The van der Waals surface area contributed by atoms with E-state index in [1.165, 1.54) is 47.9 Å². The Kier molecular flexibility index (Phi) is 4.78. The summed E-state index contributed by atoms with van der Waals surface area (Å²) < 4.78 is 2.22. The summed E-state index contributed by atoms with van der Waals surface area (Å²) in [4.78, 5) is 0. The summed E-state index contributed by atoms with van der Waals surface area (Å²) >= 11 is 7.34. The zero-order valence-electron chi connectivity index (χ0n) is 18.2. The quantitative estimate of drug-likeness (QED) is 0.291. The zero-order valence-corrected chi connectivity index (χ0v) is 21.3. The summed E-state index contributed by atoms with van der Waals surface area (Å²) in [5.74, 6) is 3.22. The molecule has 3 aromatic rings. The van der Waals surface area contributed by atoms with Crippen molar-refractivity contribution in [3.63, 3.8) is 0 Å². The van der Waals surface area contributed by atoms with Crippen molar-refractivity contribution >= 4 is 31.9 Å². The molecule has 2 bridgehead atoms. The first-order valence-electron chi connectivity index (χ1n) is 11.7. The van der Waals surface area contributed by atoms with Crippen LogP contribution >= 0.6 is 31.9 Å². The molecule has 5 atom stereocenters. The van der Waals surface area contributed by atoms with Crippen LogP contribution in [0.3, 0.4) is 0 Å². The Morgan fingerprint density at radius 1 is 0.710 bits per heavy atom. The van der Waals surface area contributed by atoms with Crippen molar-refractivity contribution in [3.05, 3.63) is 80.7 Å². The third kappa shape index (κ3) is 2.97. The largest absolute Gasteiger partial charge is 0.0625 e. The van der Waals surface area contributed by atoms with Gasteiger partial charge in [-0.05, 0) is 107 Å². The van der Waals surface area contributed by atoms with Crippen LogP contribution in [0.2, 0.25) is 0 Å². The molecule has 0 aliphatic heterocycles. The highest BCUT2D eigenvalue weighted by Crippen LogP contribution is 2.64. The molecule has 0 radical (unpaired) electrons. The third-order valence-electron chi connectivity index (χ3n) is 8.47. The first kappa shape index (κ1) is 20.2. The Balaban J connectivity index is 1.57. The van der Waals surface area contributed by atoms with Crippen LogP contribution in [-0.2, 0) is 5.41 Å². The molecule has 2 saturated carbocycles. The van der Waals surface area contributed by atoms with Crippen molar-refractivity contribution in [3.8, 4) is 22.3 Å². The molecule has 0 heterocycles. The average molecular weight is 536 g/mol. The fraction of sp³-hybridized carbons (Fsp3) is 0.379. The molecule has 3 aliphatic rings. The molecule has 0 saturated heterocycles. The standard InChI is InChI=1S/C29H28Br2/c1-17-9-19-11-18(2)29(22(10-17)12-19)27-6-4-3-5-25(27)26-15-20(7-8-28(26)29)21-13-23(30)16-24(31)14-21/h3-8,13-19,22H,9-12H2,1-2H3. The summed E-state index contributed by atoms with van der Waals surface area (Å²) in [5, 5.41) is 0. The highest BCUT2D eigenvalue weighted by Gasteiger charge is 2.56. The summed E-state index contributed by atoms with van der Waals surface area (Å²) in [6, 6.07) is 23.2. The molecular formula is C29H28Br2. The Morgan fingerprint density at radius 2 is 1.45 bits per heavy atom. The Morgan fingerprint density at radius 3 is 2.26 bits per heavy atom. The summed E-state index contributed by atoms with van der Waals surface area (Å²) in [5.41, 5.74) is 8.87. The summed E-state index contributed by atoms with van der Waals surface area (Å²) in [7, 11) is 0. The molecule has 5 unspecified atom stereocenters. The van der Waals surface area contributed by atoms with Crippen molar-refractivity contribution in [2.45, 2.75) is 44.9 Å². The fourth-order valence-electron chi connectivity index (χ4n) is 7.62. The van der Waals surface area contributed by atoms with Crippen LogP contribution in [0.4, 0.5) is 0 Å². The van der Waals surface area contributed by atoms with Crippen LogP contribution < -0.4 is 0 Å². The molecule has 0 N–H and O–H groups in total. The molecule has 3 aromatic carbocycles. The van der Waals surface area contributed by atoms with Gasteiger partial charge >= 0.3 is 0 Å². The van der Waals surface area contributed by atoms with Gasteiger partial charge in [-0.25, -0.2) is 0 Å². The van der Waals surface area contributed by atoms with Crippen LogP contribution in [0.25, 0.3) is 22.3 Å². The van der Waals surface area contributed by atoms with Gasteiger partial charge < -0.3 is 0 Å². The lowest BCUT2D eigenvalue weighted by Crippen LogP contribution is -2.49. The summed E-state index contributed by atoms with van der Waals surface area (Å²) in [6.45, 7) is 5.03. The second kappa shape index (κ2) is 7.32. The molecule has 31 heavy (non-hydrogen) atoms. The van der Waals surface area contributed by atoms with Gasteiger partial charge in [0.2, 0.25) is 0 Å².